The van der Waals surface area contributed by atoms with E-state index in [4.69, 9.17) is 21.5 Å². The van der Waals surface area contributed by atoms with Gasteiger partial charge in [-0.15, -0.1) is 0 Å². The number of carbonyl (C=O) groups excluding carboxylic acids is 2. The van der Waals surface area contributed by atoms with Gasteiger partial charge in [0.05, 0.1) is 0 Å². The second kappa shape index (κ2) is 6.98. The van der Waals surface area contributed by atoms with Crippen molar-refractivity contribution in [2.45, 2.75) is 37.9 Å². The van der Waals surface area contributed by atoms with Gasteiger partial charge < -0.3 is 9.80 Å². The molecule has 2 rings (SSSR count). The smallest absolute Gasteiger partial charge is 0.257 e. The third-order valence-corrected chi connectivity index (χ3v) is 3.89. The van der Waals surface area contributed by atoms with Gasteiger partial charge in [0.15, 0.2) is 12.2 Å². The number of nitrogens with two attached hydrogens (primary N) is 2. The van der Waals surface area contributed by atoms with Crippen molar-refractivity contribution in [3.8, 4) is 0 Å². The Hall–Kier alpha value is -1.22. The van der Waals surface area contributed by atoms with E-state index in [0.717, 1.165) is 25.7 Å². The van der Waals surface area contributed by atoms with Gasteiger partial charge in [0.1, 0.15) is 0 Å². The molecule has 8 heteroatoms. The molecule has 20 heavy (non-hydrogen) atoms. The van der Waals surface area contributed by atoms with Crippen molar-refractivity contribution in [2.24, 2.45) is 11.8 Å². The fourth-order valence-electron chi connectivity index (χ4n) is 2.75. The highest BCUT2D eigenvalue weighted by Crippen LogP contribution is 2.16. The van der Waals surface area contributed by atoms with Crippen LogP contribution in [0.1, 0.15) is 25.7 Å². The number of carbonyl (C=O) groups is 2. The first-order valence-corrected chi connectivity index (χ1v) is 6.97. The lowest BCUT2D eigenvalue weighted by Gasteiger charge is -2.28. The molecule has 0 radical (unpaired) electrons. The zero-order chi connectivity index (χ0) is 14.5. The van der Waals surface area contributed by atoms with E-state index in [1.165, 1.54) is 0 Å². The van der Waals surface area contributed by atoms with Crippen LogP contribution in [0.25, 0.3) is 0 Å². The summed E-state index contributed by atoms with van der Waals surface area (Å²) in [4.78, 5) is 37.3. The first kappa shape index (κ1) is 15.2. The maximum atomic E-state index is 12.3. The zero-order valence-corrected chi connectivity index (χ0v) is 11.5. The zero-order valence-electron chi connectivity index (χ0n) is 11.5. The van der Waals surface area contributed by atoms with Gasteiger partial charge in [0, 0.05) is 26.2 Å². The Morgan fingerprint density at radius 3 is 1.30 bits per heavy atom. The Bertz CT molecular complexity index is 319. The predicted molar refractivity (Wildman–Crippen MR) is 69.7 cm³/mol. The predicted octanol–water partition coefficient (Wildman–Crippen LogP) is -1.25. The van der Waals surface area contributed by atoms with Crippen molar-refractivity contribution < 1.29 is 19.3 Å². The SMILES string of the molecule is NOC(C(=O)N1CCCC1)C(ON)C(=O)N1CCCC1. The molecule has 2 saturated heterocycles. The van der Waals surface area contributed by atoms with Gasteiger partial charge in [-0.05, 0) is 25.7 Å². The lowest BCUT2D eigenvalue weighted by molar-refractivity contribution is -0.168. The molecule has 0 aliphatic carbocycles. The third kappa shape index (κ3) is 3.09. The van der Waals surface area contributed by atoms with E-state index in [0.29, 0.717) is 26.2 Å². The molecule has 2 heterocycles. The Labute approximate surface area is 117 Å². The monoisotopic (exact) mass is 286 g/mol. The molecule has 0 spiro atoms. The van der Waals surface area contributed by atoms with Gasteiger partial charge in [-0.1, -0.05) is 0 Å². The average Bonchev–Trinajstić information content (AvgIpc) is 3.15. The van der Waals surface area contributed by atoms with Crippen molar-refractivity contribution in [3.05, 3.63) is 0 Å². The van der Waals surface area contributed by atoms with E-state index in [1.807, 2.05) is 0 Å². The lowest BCUT2D eigenvalue weighted by Crippen LogP contribution is -2.54. The van der Waals surface area contributed by atoms with Gasteiger partial charge in [0.2, 0.25) is 0 Å². The molecule has 0 saturated carbocycles. The van der Waals surface area contributed by atoms with E-state index in [1.54, 1.807) is 9.80 Å². The average molecular weight is 286 g/mol. The summed E-state index contributed by atoms with van der Waals surface area (Å²) in [6.07, 6.45) is 1.39. The largest absolute Gasteiger partial charge is 0.340 e. The minimum Gasteiger partial charge on any atom is -0.340 e. The van der Waals surface area contributed by atoms with Crippen molar-refractivity contribution in [1.29, 1.82) is 0 Å². The summed E-state index contributed by atoms with van der Waals surface area (Å²) in [6, 6.07) is 0. The van der Waals surface area contributed by atoms with Crippen LogP contribution < -0.4 is 11.8 Å². The van der Waals surface area contributed by atoms with Crippen LogP contribution in [0.15, 0.2) is 0 Å². The van der Waals surface area contributed by atoms with Gasteiger partial charge in [-0.2, -0.15) is 0 Å². The van der Waals surface area contributed by atoms with E-state index >= 15 is 0 Å². The minimum absolute atomic E-state index is 0.340. The Morgan fingerprint density at radius 1 is 0.750 bits per heavy atom. The molecule has 2 atom stereocenters. The molecule has 2 unspecified atom stereocenters. The molecule has 2 aliphatic rings. The van der Waals surface area contributed by atoms with Crippen molar-refractivity contribution in [2.75, 3.05) is 26.2 Å². The molecule has 2 aliphatic heterocycles. The topological polar surface area (TPSA) is 111 Å². The third-order valence-electron chi connectivity index (χ3n) is 3.89. The number of hydrogen-bond donors (Lipinski definition) is 2. The number of nitrogens with zero attached hydrogens (tertiary/aromatic N) is 2. The molecule has 114 valence electrons. The fourth-order valence-corrected chi connectivity index (χ4v) is 2.75. The molecular weight excluding hydrogens is 264 g/mol. The minimum atomic E-state index is -1.19. The molecule has 0 bridgehead atoms. The Morgan fingerprint density at radius 2 is 1.05 bits per heavy atom. The highest BCUT2D eigenvalue weighted by Gasteiger charge is 2.41. The van der Waals surface area contributed by atoms with Gasteiger partial charge >= 0.3 is 0 Å². The van der Waals surface area contributed by atoms with Gasteiger partial charge in [-0.25, -0.2) is 11.8 Å². The van der Waals surface area contributed by atoms with E-state index in [-0.39, 0.29) is 11.8 Å². The highest BCUT2D eigenvalue weighted by atomic mass is 16.7. The number of amides is 2. The van der Waals surface area contributed by atoms with Gasteiger partial charge in [0.25, 0.3) is 11.8 Å². The Balaban J connectivity index is 2.05. The number of likely N-dealkylation sites (tertiary alicyclic amines) is 2. The van der Waals surface area contributed by atoms with Crippen LogP contribution in [0.4, 0.5) is 0 Å². The standard InChI is InChI=1S/C12H22N4O4/c13-19-9(11(17)15-5-1-2-6-15)10(20-14)12(18)16-7-3-4-8-16/h9-10H,1-8,13-14H2. The summed E-state index contributed by atoms with van der Waals surface area (Å²) in [6.45, 7) is 2.59. The molecule has 8 nitrogen and oxygen atoms in total. The first-order chi connectivity index (χ1) is 9.69. The highest BCUT2D eigenvalue weighted by molar-refractivity contribution is 5.91. The van der Waals surface area contributed by atoms with E-state index in [2.05, 4.69) is 0 Å². The van der Waals surface area contributed by atoms with Crippen LogP contribution in [-0.2, 0) is 19.3 Å². The normalized spacial score (nSPS) is 22.1. The summed E-state index contributed by atoms with van der Waals surface area (Å²) in [5.74, 6) is 9.72. The molecule has 0 aromatic carbocycles. The van der Waals surface area contributed by atoms with Crippen LogP contribution in [0, 0.1) is 0 Å². The van der Waals surface area contributed by atoms with Crippen molar-refractivity contribution in [3.63, 3.8) is 0 Å². The molecule has 2 amide bonds. The maximum absolute atomic E-state index is 12.3. The Kier molecular flexibility index (Phi) is 5.30. The lowest BCUT2D eigenvalue weighted by atomic mass is 10.1. The maximum Gasteiger partial charge on any atom is 0.257 e. The van der Waals surface area contributed by atoms with E-state index in [9.17, 15) is 9.59 Å². The molecule has 4 N–H and O–H groups in total. The van der Waals surface area contributed by atoms with E-state index < -0.39 is 12.2 Å². The summed E-state index contributed by atoms with van der Waals surface area (Å²) in [5, 5.41) is 0. The summed E-state index contributed by atoms with van der Waals surface area (Å²) >= 11 is 0. The van der Waals surface area contributed by atoms with Crippen molar-refractivity contribution in [1.82, 2.24) is 9.80 Å². The van der Waals surface area contributed by atoms with Crippen LogP contribution >= 0.6 is 0 Å². The molecular formula is C12H22N4O4. The molecule has 2 fully saturated rings. The molecule has 0 aromatic rings. The van der Waals surface area contributed by atoms with Gasteiger partial charge in [-0.3, -0.25) is 19.3 Å². The van der Waals surface area contributed by atoms with Crippen LogP contribution in [-0.4, -0.2) is 60.0 Å². The second-order valence-corrected chi connectivity index (χ2v) is 5.18. The summed E-state index contributed by atoms with van der Waals surface area (Å²) < 4.78 is 0. The first-order valence-electron chi connectivity index (χ1n) is 6.97. The molecule has 0 aromatic heterocycles. The van der Waals surface area contributed by atoms with Crippen LogP contribution in [0.2, 0.25) is 0 Å². The second-order valence-electron chi connectivity index (χ2n) is 5.18. The quantitative estimate of drug-likeness (QED) is 0.611. The number of rotatable bonds is 5. The van der Waals surface area contributed by atoms with Crippen molar-refractivity contribution >= 4 is 11.8 Å². The fraction of sp³-hybridized carbons (Fsp3) is 0.833. The summed E-state index contributed by atoms with van der Waals surface area (Å²) in [7, 11) is 0. The van der Waals surface area contributed by atoms with Crippen LogP contribution in [0.5, 0.6) is 0 Å². The number of hydrogen-bond acceptors (Lipinski definition) is 6. The van der Waals surface area contributed by atoms with Crippen LogP contribution in [0.3, 0.4) is 0 Å². The summed E-state index contributed by atoms with van der Waals surface area (Å²) in [5.41, 5.74) is 0.